The summed E-state index contributed by atoms with van der Waals surface area (Å²) in [5, 5.41) is 13.5. The standard InChI is InChI=1S/C21H29N7O2/c1-21(2,3)28-19(23-24-25-28)18(27-10-8-26(4)9-11-27)16-12-14-6-7-15(30-5)13-17(14)22-20(16)29/h6-7,12-13,18H,8-11H2,1-5H3,(H,22,29). The monoisotopic (exact) mass is 411 g/mol. The molecule has 0 bridgehead atoms. The van der Waals surface area contributed by atoms with Gasteiger partial charge in [0, 0.05) is 37.8 Å². The van der Waals surface area contributed by atoms with Crippen LogP contribution in [-0.4, -0.2) is 75.3 Å². The van der Waals surface area contributed by atoms with Crippen molar-refractivity contribution in [2.24, 2.45) is 0 Å². The van der Waals surface area contributed by atoms with E-state index in [1.54, 1.807) is 7.11 Å². The number of benzene rings is 1. The highest BCUT2D eigenvalue weighted by Gasteiger charge is 2.34. The van der Waals surface area contributed by atoms with Crippen molar-refractivity contribution in [3.8, 4) is 5.75 Å². The summed E-state index contributed by atoms with van der Waals surface area (Å²) in [6.07, 6.45) is 0. The fraction of sp³-hybridized carbons (Fsp3) is 0.524. The number of nitrogens with zero attached hydrogens (tertiary/aromatic N) is 6. The van der Waals surface area contributed by atoms with Gasteiger partial charge in [0.25, 0.3) is 5.56 Å². The van der Waals surface area contributed by atoms with Gasteiger partial charge in [-0.1, -0.05) is 0 Å². The maximum Gasteiger partial charge on any atom is 0.253 e. The van der Waals surface area contributed by atoms with Crippen molar-refractivity contribution in [1.29, 1.82) is 0 Å². The van der Waals surface area contributed by atoms with E-state index in [0.717, 1.165) is 37.1 Å². The maximum absolute atomic E-state index is 13.2. The molecule has 0 saturated carbocycles. The summed E-state index contributed by atoms with van der Waals surface area (Å²) < 4.78 is 7.12. The Labute approximate surface area is 175 Å². The fourth-order valence-corrected chi connectivity index (χ4v) is 3.95. The van der Waals surface area contributed by atoms with Gasteiger partial charge in [0.05, 0.1) is 18.2 Å². The zero-order valence-corrected chi connectivity index (χ0v) is 18.2. The normalized spacial score (nSPS) is 17.4. The Morgan fingerprint density at radius 3 is 2.53 bits per heavy atom. The minimum Gasteiger partial charge on any atom is -0.497 e. The van der Waals surface area contributed by atoms with Gasteiger partial charge in [-0.25, -0.2) is 4.68 Å². The molecule has 2 aromatic heterocycles. The van der Waals surface area contributed by atoms with E-state index in [9.17, 15) is 4.79 Å². The number of methoxy groups -OCH3 is 1. The number of rotatable bonds is 4. The summed E-state index contributed by atoms with van der Waals surface area (Å²) in [7, 11) is 3.73. The van der Waals surface area contributed by atoms with Gasteiger partial charge in [0.2, 0.25) is 0 Å². The molecule has 0 aliphatic carbocycles. The van der Waals surface area contributed by atoms with Crippen LogP contribution in [0.4, 0.5) is 0 Å². The number of fused-ring (bicyclic) bond motifs is 1. The topological polar surface area (TPSA) is 92.2 Å². The molecular weight excluding hydrogens is 382 g/mol. The molecule has 1 N–H and O–H groups in total. The molecule has 30 heavy (non-hydrogen) atoms. The Morgan fingerprint density at radius 1 is 1.13 bits per heavy atom. The molecule has 0 radical (unpaired) electrons. The van der Waals surface area contributed by atoms with Gasteiger partial charge in [0.1, 0.15) is 11.8 Å². The number of tetrazole rings is 1. The molecule has 9 heteroatoms. The largest absolute Gasteiger partial charge is 0.497 e. The third-order valence-electron chi connectivity index (χ3n) is 5.65. The van der Waals surface area contributed by atoms with Gasteiger partial charge >= 0.3 is 0 Å². The van der Waals surface area contributed by atoms with Gasteiger partial charge in [-0.2, -0.15) is 0 Å². The molecule has 1 saturated heterocycles. The Morgan fingerprint density at radius 2 is 1.87 bits per heavy atom. The lowest BCUT2D eigenvalue weighted by molar-refractivity contribution is 0.118. The molecule has 160 valence electrons. The molecule has 3 heterocycles. The average Bonchev–Trinajstić information content (AvgIpc) is 3.19. The molecule has 1 atom stereocenters. The molecule has 0 amide bonds. The first kappa shape index (κ1) is 20.5. The lowest BCUT2D eigenvalue weighted by Crippen LogP contribution is -2.48. The van der Waals surface area contributed by atoms with Crippen molar-refractivity contribution >= 4 is 10.9 Å². The van der Waals surface area contributed by atoms with Crippen LogP contribution >= 0.6 is 0 Å². The summed E-state index contributed by atoms with van der Waals surface area (Å²) in [4.78, 5) is 20.8. The summed E-state index contributed by atoms with van der Waals surface area (Å²) in [5.74, 6) is 1.39. The van der Waals surface area contributed by atoms with E-state index in [-0.39, 0.29) is 17.1 Å². The van der Waals surface area contributed by atoms with Gasteiger partial charge in [-0.15, -0.1) is 5.10 Å². The van der Waals surface area contributed by atoms with Crippen LogP contribution in [0.25, 0.3) is 10.9 Å². The van der Waals surface area contributed by atoms with E-state index in [4.69, 9.17) is 4.74 Å². The first-order valence-electron chi connectivity index (χ1n) is 10.2. The van der Waals surface area contributed by atoms with Gasteiger partial charge in [0.15, 0.2) is 5.82 Å². The summed E-state index contributed by atoms with van der Waals surface area (Å²) in [5.41, 5.74) is 0.956. The van der Waals surface area contributed by atoms with Crippen molar-refractivity contribution in [2.45, 2.75) is 32.4 Å². The van der Waals surface area contributed by atoms with Crippen LogP contribution in [0.1, 0.15) is 38.2 Å². The van der Waals surface area contributed by atoms with E-state index in [2.05, 4.69) is 58.1 Å². The van der Waals surface area contributed by atoms with Crippen molar-refractivity contribution in [1.82, 2.24) is 35.0 Å². The van der Waals surface area contributed by atoms with Gasteiger partial charge in [-0.3, -0.25) is 9.69 Å². The molecule has 3 aromatic rings. The van der Waals surface area contributed by atoms with Crippen molar-refractivity contribution in [3.05, 3.63) is 46.0 Å². The van der Waals surface area contributed by atoms with Crippen LogP contribution in [0.2, 0.25) is 0 Å². The predicted molar refractivity (Wildman–Crippen MR) is 115 cm³/mol. The molecule has 1 fully saturated rings. The highest BCUT2D eigenvalue weighted by molar-refractivity contribution is 5.80. The Bertz CT molecular complexity index is 1090. The third kappa shape index (κ3) is 3.82. The van der Waals surface area contributed by atoms with E-state index in [1.165, 1.54) is 0 Å². The molecular formula is C21H29N7O2. The fourth-order valence-electron chi connectivity index (χ4n) is 3.95. The number of piperazine rings is 1. The number of H-pyrrole nitrogens is 1. The van der Waals surface area contributed by atoms with Gasteiger partial charge < -0.3 is 14.6 Å². The summed E-state index contributed by atoms with van der Waals surface area (Å²) in [6.45, 7) is 9.70. The first-order chi connectivity index (χ1) is 14.3. The van der Waals surface area contributed by atoms with Crippen molar-refractivity contribution in [3.63, 3.8) is 0 Å². The number of hydrogen-bond acceptors (Lipinski definition) is 7. The van der Waals surface area contributed by atoms with Gasteiger partial charge in [-0.05, 0) is 61.8 Å². The summed E-state index contributed by atoms with van der Waals surface area (Å²) in [6, 6.07) is 7.32. The van der Waals surface area contributed by atoms with Crippen LogP contribution in [0, 0.1) is 0 Å². The van der Waals surface area contributed by atoms with Crippen LogP contribution in [0.15, 0.2) is 29.1 Å². The highest BCUT2D eigenvalue weighted by Crippen LogP contribution is 2.30. The zero-order chi connectivity index (χ0) is 21.5. The van der Waals surface area contributed by atoms with Crippen molar-refractivity contribution in [2.75, 3.05) is 40.3 Å². The third-order valence-corrected chi connectivity index (χ3v) is 5.65. The SMILES string of the molecule is COc1ccc2cc(C(c3nnnn3C(C)(C)C)N3CCN(C)CC3)c(=O)[nH]c2c1. The number of pyridine rings is 1. The second kappa shape index (κ2) is 7.81. The smallest absolute Gasteiger partial charge is 0.253 e. The quantitative estimate of drug-likeness (QED) is 0.697. The Kier molecular flexibility index (Phi) is 5.33. The summed E-state index contributed by atoms with van der Waals surface area (Å²) >= 11 is 0. The lowest BCUT2D eigenvalue weighted by atomic mass is 10.0. The lowest BCUT2D eigenvalue weighted by Gasteiger charge is -2.38. The number of likely N-dealkylation sites (N-methyl/N-ethyl adjacent to an activating group) is 1. The Hall–Kier alpha value is -2.78. The molecule has 1 aromatic carbocycles. The van der Waals surface area contributed by atoms with Crippen LogP contribution in [0.5, 0.6) is 5.75 Å². The first-order valence-corrected chi connectivity index (χ1v) is 10.2. The minimum atomic E-state index is -0.330. The molecule has 1 aliphatic heterocycles. The van der Waals surface area contributed by atoms with Crippen LogP contribution in [-0.2, 0) is 5.54 Å². The van der Waals surface area contributed by atoms with E-state index < -0.39 is 0 Å². The maximum atomic E-state index is 13.2. The van der Waals surface area contributed by atoms with Crippen LogP contribution in [0.3, 0.4) is 0 Å². The second-order valence-corrected chi connectivity index (χ2v) is 8.87. The number of aromatic amines is 1. The van der Waals surface area contributed by atoms with E-state index >= 15 is 0 Å². The average molecular weight is 412 g/mol. The number of nitrogens with one attached hydrogen (secondary N) is 1. The molecule has 1 aliphatic rings. The van der Waals surface area contributed by atoms with E-state index in [0.29, 0.717) is 17.1 Å². The predicted octanol–water partition coefficient (Wildman–Crippen LogP) is 1.61. The molecule has 9 nitrogen and oxygen atoms in total. The molecule has 4 rings (SSSR count). The zero-order valence-electron chi connectivity index (χ0n) is 18.2. The minimum absolute atomic E-state index is 0.136. The number of aromatic nitrogens is 5. The molecule has 0 spiro atoms. The molecule has 1 unspecified atom stereocenters. The second-order valence-electron chi connectivity index (χ2n) is 8.87. The van der Waals surface area contributed by atoms with E-state index in [1.807, 2.05) is 28.9 Å². The highest BCUT2D eigenvalue weighted by atomic mass is 16.5. The van der Waals surface area contributed by atoms with Crippen LogP contribution < -0.4 is 10.3 Å². The Balaban J connectivity index is 1.87. The van der Waals surface area contributed by atoms with Crippen molar-refractivity contribution < 1.29 is 4.74 Å². The number of hydrogen-bond donors (Lipinski definition) is 1. The number of ether oxygens (including phenoxy) is 1.